The van der Waals surface area contributed by atoms with Crippen LogP contribution in [0.3, 0.4) is 0 Å². The maximum atomic E-state index is 16.2. The molecule has 6 aromatic rings. The molecule has 4 aromatic carbocycles. The van der Waals surface area contributed by atoms with Gasteiger partial charge in [0.1, 0.15) is 84.1 Å². The highest BCUT2D eigenvalue weighted by Gasteiger charge is 2.45. The lowest BCUT2D eigenvalue weighted by molar-refractivity contribution is -0.163. The molecule has 0 saturated carbocycles. The predicted molar refractivity (Wildman–Crippen MR) is 525 cm³/mol. The number of para-hydroxylation sites is 2. The van der Waals surface area contributed by atoms with Crippen LogP contribution in [0.1, 0.15) is 217 Å². The second-order valence-corrected chi connectivity index (χ2v) is 40.9. The van der Waals surface area contributed by atoms with Gasteiger partial charge in [0, 0.05) is 110 Å². The number of nitrogens with one attached hydrogen (secondary N) is 6. The van der Waals surface area contributed by atoms with E-state index in [0.29, 0.717) is 45.5 Å². The van der Waals surface area contributed by atoms with E-state index in [1.165, 1.54) is 94.8 Å². The molecule has 2 aromatic heterocycles. The van der Waals surface area contributed by atoms with E-state index in [9.17, 15) is 28.8 Å². The van der Waals surface area contributed by atoms with E-state index in [4.69, 9.17) is 14.2 Å². The number of esters is 2. The number of fused-ring (bicyclic) bond motifs is 2. The average Bonchev–Trinajstić information content (AvgIpc) is 1.61. The molecular weight excluding hydrogens is 1760 g/mol. The van der Waals surface area contributed by atoms with Gasteiger partial charge in [0.2, 0.25) is 59.1 Å². The van der Waals surface area contributed by atoms with E-state index in [2.05, 4.69) is 31.9 Å². The summed E-state index contributed by atoms with van der Waals surface area (Å²) < 4.78 is 36.2. The Morgan fingerprint density at radius 1 is 0.384 bits per heavy atom. The summed E-state index contributed by atoms with van der Waals surface area (Å²) in [5, 5.41) is 29.1. The molecule has 0 bridgehead atoms. The number of aromatic nitrogens is 2. The normalized spacial score (nSPS) is 23.7. The van der Waals surface area contributed by atoms with Gasteiger partial charge in [0.15, 0.2) is 12.2 Å². The number of carbonyl (C=O) groups is 14. The summed E-state index contributed by atoms with van der Waals surface area (Å²) in [4.78, 5) is 222. The van der Waals surface area contributed by atoms with Crippen LogP contribution in [0.5, 0.6) is 5.75 Å². The molecule has 1 unspecified atom stereocenters. The van der Waals surface area contributed by atoms with Crippen LogP contribution in [0.2, 0.25) is 0 Å². The zero-order chi connectivity index (χ0) is 102. The number of nitrogens with zero attached hydrogens (tertiary/aromatic N) is 9. The Labute approximate surface area is 813 Å². The van der Waals surface area contributed by atoms with Gasteiger partial charge in [0.25, 0.3) is 11.8 Å². The van der Waals surface area contributed by atoms with Crippen LogP contribution in [0.15, 0.2) is 103 Å². The van der Waals surface area contributed by atoms with Gasteiger partial charge >= 0.3 is 11.9 Å². The Bertz CT molecular complexity index is 5310. The predicted octanol–water partition coefficient (Wildman–Crippen LogP) is 10.6. The molecule has 4 heterocycles. The Morgan fingerprint density at radius 2 is 0.732 bits per heavy atom. The third kappa shape index (κ3) is 29.7. The lowest BCUT2D eigenvalue weighted by Crippen LogP contribution is -2.60. The van der Waals surface area contributed by atoms with Gasteiger partial charge in [-0.2, -0.15) is 5.26 Å². The van der Waals surface area contributed by atoms with Crippen molar-refractivity contribution in [3.63, 3.8) is 0 Å². The highest BCUT2D eigenvalue weighted by Crippen LogP contribution is 2.34. The summed E-state index contributed by atoms with van der Waals surface area (Å²) in [6, 6.07) is 12.4. The average molecular weight is 1910 g/mol. The Hall–Kier alpha value is -12.2. The third-order valence-corrected chi connectivity index (χ3v) is 26.1. The Kier molecular flexibility index (Phi) is 40.5. The number of benzene rings is 4. The second-order valence-electron chi connectivity index (χ2n) is 40.9. The summed E-state index contributed by atoms with van der Waals surface area (Å²) in [6.07, 6.45) is -0.159. The lowest BCUT2D eigenvalue weighted by Gasteiger charge is -2.35. The molecule has 2 fully saturated rings. The molecule has 6 N–H and O–H groups in total. The van der Waals surface area contributed by atoms with E-state index in [-0.39, 0.29) is 131 Å². The number of likely N-dealkylation sites (N-methyl/N-ethyl adjacent to an activating group) is 6. The first kappa shape index (κ1) is 111. The molecular formula is C105H150FN15O17. The van der Waals surface area contributed by atoms with Crippen molar-refractivity contribution in [3.05, 3.63) is 137 Å². The molecule has 15 atom stereocenters. The summed E-state index contributed by atoms with van der Waals surface area (Å²) in [7, 11) is 10.1. The molecule has 32 nitrogen and oxygen atoms in total. The lowest BCUT2D eigenvalue weighted by atomic mass is 9.91. The summed E-state index contributed by atoms with van der Waals surface area (Å²) >= 11 is 0. The number of rotatable bonds is 29. The molecule has 2 aliphatic heterocycles. The minimum Gasteiger partial charge on any atom is -0.497 e. The van der Waals surface area contributed by atoms with Crippen molar-refractivity contribution in [3.8, 4) is 11.8 Å². The topological polar surface area (TPSA) is 392 Å². The highest BCUT2D eigenvalue weighted by molar-refractivity contribution is 6.01. The van der Waals surface area contributed by atoms with E-state index < -0.39 is 179 Å². The molecule has 2 saturated heterocycles. The smallest absolute Gasteiger partial charge is 0.329 e. The van der Waals surface area contributed by atoms with Gasteiger partial charge in [-0.3, -0.25) is 57.5 Å². The van der Waals surface area contributed by atoms with Crippen LogP contribution in [0.4, 0.5) is 4.39 Å². The third-order valence-electron chi connectivity index (χ3n) is 26.1. The van der Waals surface area contributed by atoms with Crippen molar-refractivity contribution in [2.45, 2.75) is 306 Å². The minimum absolute atomic E-state index is 0.0249. The molecule has 138 heavy (non-hydrogen) atoms. The summed E-state index contributed by atoms with van der Waals surface area (Å²) in [6.45, 7) is 32.5. The fraction of sp³-hybridized carbons (Fsp3) is 0.590. The van der Waals surface area contributed by atoms with Crippen LogP contribution in [0, 0.1) is 64.5 Å². The number of hydrogen-bond donors (Lipinski definition) is 6. The first-order valence-electron chi connectivity index (χ1n) is 48.7. The van der Waals surface area contributed by atoms with Crippen molar-refractivity contribution in [2.75, 3.05) is 49.4 Å². The standard InChI is InChI=1S/C105H150FN15O17/c1-59(2)44-79-98(128)114(19)67(16)104(134)137-69(18)92(122)108-81(46-61(5)6)100(130)116(21)86(49-64(11)12)93(123)111-83(48-63(9)10)102(132)119(24)89(96(126)110-79)54-74-58-121(56-70-35-39-75(106)40-36-70)91-72(30-28-32-78(74)91)51-66(15)52-84-103(133)117(22)87(50-65(13)14)94(124)112-82(47-62(7)8)101(131)118(23)88(53-73-57-120(85-33-27-26-31-77(73)85)55-71-37-41-76(136-25)42-38-71)95(125)109-80(45-60(3)4)99(129)115(20)68(17)105(135)138-90(34-29-43-107)97(127)113-84/h26-28,30-33,35-42,57-69,79-84,86-90H,29,34,44-56H2,1-25H3,(H,108,122)(H,109,125)(H,110,126)(H,111,123)(H,112,124)(H,113,127)/t66?,67-,68-,69+,79-,80-,81-,82-,83-,84-,86-,87-,88-,89-,90+/m0/s1. The van der Waals surface area contributed by atoms with Crippen LogP contribution < -0.4 is 36.6 Å². The maximum Gasteiger partial charge on any atom is 0.329 e. The Morgan fingerprint density at radius 3 is 1.15 bits per heavy atom. The first-order valence-corrected chi connectivity index (χ1v) is 48.7. The van der Waals surface area contributed by atoms with Gasteiger partial charge in [-0.15, -0.1) is 0 Å². The van der Waals surface area contributed by atoms with Gasteiger partial charge in [-0.1, -0.05) is 165 Å². The number of hydrogen-bond acceptors (Lipinski definition) is 18. The van der Waals surface area contributed by atoms with Crippen LogP contribution in [0.25, 0.3) is 21.8 Å². The Balaban J connectivity index is 1.26. The van der Waals surface area contributed by atoms with E-state index in [1.807, 2.05) is 192 Å². The SMILES string of the molecule is COc1ccc(Cn2cc(C[C@H]3C(=O)N[C@@H](CC(C)C)C(=O)N(C)[C@@H](C)C(=O)O[C@H](CCC#N)C(=O)N[C@@H](CC(C)Cc4cccc5c(C[C@H]6C(=O)N[C@@H](CC(C)C)C(=O)N(C)[C@@H](C)C(=O)O[C@H](C)C(=O)N[C@@H](CC(C)C)C(=O)N(C)[C@@H](CC(C)C)C(=O)N[C@@H](CC(C)C)C(=O)N6C)cn(Cc6ccc(F)cc6)c45)C(=O)N(C)[C@@H](CC(C)C)C(=O)N[C@@H](CC(C)C)C(=O)N3C)c3ccccc32)cc1. The van der Waals surface area contributed by atoms with Crippen molar-refractivity contribution in [2.24, 2.45) is 47.3 Å². The number of carbonyl (C=O) groups excluding carboxylic acids is 14. The zero-order valence-electron chi connectivity index (χ0n) is 85.5. The van der Waals surface area contributed by atoms with E-state index >= 15 is 47.9 Å². The fourth-order valence-corrected chi connectivity index (χ4v) is 18.3. The number of ether oxygens (including phenoxy) is 3. The monoisotopic (exact) mass is 1910 g/mol. The second kappa shape index (κ2) is 50.4. The summed E-state index contributed by atoms with van der Waals surface area (Å²) in [5.41, 5.74) is 4.81. The number of halogens is 1. The number of cyclic esters (lactones) is 2. The first-order chi connectivity index (χ1) is 64.9. The van der Waals surface area contributed by atoms with Gasteiger partial charge < -0.3 is 84.6 Å². The molecule has 0 spiro atoms. The number of methoxy groups -OCH3 is 1. The highest BCUT2D eigenvalue weighted by atomic mass is 19.1. The maximum absolute atomic E-state index is 16.2. The van der Waals surface area contributed by atoms with Gasteiger partial charge in [-0.05, 0) is 184 Å². The minimum atomic E-state index is -1.76. The molecule has 2 aliphatic rings. The van der Waals surface area contributed by atoms with Crippen molar-refractivity contribution < 1.29 is 85.7 Å². The fourth-order valence-electron chi connectivity index (χ4n) is 18.3. The van der Waals surface area contributed by atoms with E-state index in [1.54, 1.807) is 25.3 Å². The van der Waals surface area contributed by atoms with Crippen LogP contribution >= 0.6 is 0 Å². The molecule has 0 radical (unpaired) electrons. The van der Waals surface area contributed by atoms with Gasteiger partial charge in [0.05, 0.1) is 18.7 Å². The zero-order valence-corrected chi connectivity index (χ0v) is 85.5. The van der Waals surface area contributed by atoms with E-state index in [0.717, 1.165) is 26.3 Å². The quantitative estimate of drug-likeness (QED) is 0.0238. The van der Waals surface area contributed by atoms with Crippen LogP contribution in [-0.4, -0.2) is 255 Å². The molecule has 8 rings (SSSR count). The molecule has 33 heteroatoms. The van der Waals surface area contributed by atoms with Crippen molar-refractivity contribution >= 4 is 105 Å². The summed E-state index contributed by atoms with van der Waals surface area (Å²) in [5.74, 6) is -13.1. The number of nitriles is 1. The largest absolute Gasteiger partial charge is 0.497 e. The van der Waals surface area contributed by atoms with Crippen LogP contribution in [-0.2, 0) is 109 Å². The molecule has 754 valence electrons. The molecule has 0 aliphatic carbocycles. The molecule has 12 amide bonds. The van der Waals surface area contributed by atoms with Crippen molar-refractivity contribution in [1.29, 1.82) is 5.26 Å². The van der Waals surface area contributed by atoms with Crippen molar-refractivity contribution in [1.82, 2.24) is 70.4 Å². The van der Waals surface area contributed by atoms with Gasteiger partial charge in [-0.25, -0.2) is 14.0 Å². The number of amides is 12.